The second-order valence-electron chi connectivity index (χ2n) is 7.58. The molecule has 0 radical (unpaired) electrons. The van der Waals surface area contributed by atoms with E-state index >= 15 is 0 Å². The maximum Gasteiger partial charge on any atom is 0.430 e. The van der Waals surface area contributed by atoms with Gasteiger partial charge in [0, 0.05) is 28.1 Å². The van der Waals surface area contributed by atoms with Crippen molar-refractivity contribution in [1.29, 1.82) is 5.26 Å². The SMILES string of the molecule is [C-]#[N+]c1ccc2c(c1)B1Oc3ccccc3-c3cccc(c31)N2c1ccc(C#N)cc1. The maximum atomic E-state index is 9.21. The lowest BCUT2D eigenvalue weighted by Crippen LogP contribution is -2.56. The highest BCUT2D eigenvalue weighted by Gasteiger charge is 2.42. The summed E-state index contributed by atoms with van der Waals surface area (Å²) in [7, 11) is 0. The molecule has 2 heterocycles. The molecule has 31 heavy (non-hydrogen) atoms. The van der Waals surface area contributed by atoms with Gasteiger partial charge in [-0.25, -0.2) is 4.85 Å². The highest BCUT2D eigenvalue weighted by atomic mass is 16.4. The highest BCUT2D eigenvalue weighted by molar-refractivity contribution is 6.85. The summed E-state index contributed by atoms with van der Waals surface area (Å²) in [6, 6.07) is 29.9. The van der Waals surface area contributed by atoms with Crippen LogP contribution in [0.25, 0.3) is 16.0 Å². The zero-order valence-electron chi connectivity index (χ0n) is 16.4. The van der Waals surface area contributed by atoms with Crippen molar-refractivity contribution >= 4 is 40.6 Å². The fraction of sp³-hybridized carbons (Fsp3) is 0. The van der Waals surface area contributed by atoms with Gasteiger partial charge in [-0.05, 0) is 53.5 Å². The lowest BCUT2D eigenvalue weighted by atomic mass is 9.49. The first kappa shape index (κ1) is 17.4. The quantitative estimate of drug-likeness (QED) is 0.334. The predicted octanol–water partition coefficient (Wildman–Crippen LogP) is 5.06. The second kappa shape index (κ2) is 6.52. The Balaban J connectivity index is 1.67. The molecule has 4 nitrogen and oxygen atoms in total. The lowest BCUT2D eigenvalue weighted by molar-refractivity contribution is 0.590. The first-order valence-corrected chi connectivity index (χ1v) is 9.99. The van der Waals surface area contributed by atoms with Gasteiger partial charge < -0.3 is 9.55 Å². The van der Waals surface area contributed by atoms with Crippen LogP contribution in [0.2, 0.25) is 0 Å². The Labute approximate surface area is 180 Å². The number of fused-ring (bicyclic) bond motifs is 4. The molecule has 6 rings (SSSR count). The minimum Gasteiger partial charge on any atom is -0.551 e. The van der Waals surface area contributed by atoms with E-state index in [1.165, 1.54) is 0 Å². The van der Waals surface area contributed by atoms with Crippen LogP contribution in [0.3, 0.4) is 0 Å². The molecule has 0 N–H and O–H groups in total. The molecule has 5 heteroatoms. The number of anilines is 3. The van der Waals surface area contributed by atoms with Gasteiger partial charge in [0.1, 0.15) is 5.75 Å². The van der Waals surface area contributed by atoms with Gasteiger partial charge >= 0.3 is 6.92 Å². The molecule has 0 saturated heterocycles. The molecule has 0 unspecified atom stereocenters. The Bertz CT molecular complexity index is 1450. The van der Waals surface area contributed by atoms with E-state index in [4.69, 9.17) is 11.2 Å². The van der Waals surface area contributed by atoms with Gasteiger partial charge in [-0.2, -0.15) is 5.26 Å². The number of para-hydroxylation sites is 1. The molecular formula is C26H14BN3O. The van der Waals surface area contributed by atoms with E-state index < -0.39 is 0 Å². The van der Waals surface area contributed by atoms with Gasteiger partial charge in [0.2, 0.25) is 0 Å². The molecule has 0 aromatic heterocycles. The van der Waals surface area contributed by atoms with Crippen molar-refractivity contribution in [2.75, 3.05) is 4.90 Å². The summed E-state index contributed by atoms with van der Waals surface area (Å²) in [5.41, 5.74) is 8.46. The highest BCUT2D eigenvalue weighted by Crippen LogP contribution is 2.42. The molecule has 2 aliphatic heterocycles. The van der Waals surface area contributed by atoms with Crippen LogP contribution in [0, 0.1) is 17.9 Å². The fourth-order valence-electron chi connectivity index (χ4n) is 4.57. The van der Waals surface area contributed by atoms with E-state index in [9.17, 15) is 5.26 Å². The van der Waals surface area contributed by atoms with Crippen LogP contribution in [0.15, 0.2) is 84.9 Å². The Hall–Kier alpha value is -4.48. The average molecular weight is 395 g/mol. The van der Waals surface area contributed by atoms with E-state index in [1.54, 1.807) is 0 Å². The minimum atomic E-state index is -0.285. The molecule has 0 aliphatic carbocycles. The van der Waals surface area contributed by atoms with Gasteiger partial charge in [-0.15, -0.1) is 0 Å². The summed E-state index contributed by atoms with van der Waals surface area (Å²) in [5, 5.41) is 9.21. The molecule has 0 bridgehead atoms. The first-order valence-electron chi connectivity index (χ1n) is 9.99. The van der Waals surface area contributed by atoms with E-state index in [1.807, 2.05) is 60.7 Å². The topological polar surface area (TPSA) is 40.6 Å². The third-order valence-electron chi connectivity index (χ3n) is 5.93. The van der Waals surface area contributed by atoms with E-state index in [0.29, 0.717) is 11.3 Å². The molecular weight excluding hydrogens is 381 g/mol. The molecule has 4 aromatic carbocycles. The van der Waals surface area contributed by atoms with E-state index in [-0.39, 0.29) is 6.92 Å². The monoisotopic (exact) mass is 395 g/mol. The summed E-state index contributed by atoms with van der Waals surface area (Å²) in [4.78, 5) is 5.84. The average Bonchev–Trinajstić information content (AvgIpc) is 2.84. The normalized spacial score (nSPS) is 12.6. The number of rotatable bonds is 1. The van der Waals surface area contributed by atoms with Gasteiger partial charge in [-0.1, -0.05) is 42.5 Å². The summed E-state index contributed by atoms with van der Waals surface area (Å²) >= 11 is 0. The number of nitriles is 1. The van der Waals surface area contributed by atoms with Gasteiger partial charge in [-0.3, -0.25) is 0 Å². The Morgan fingerprint density at radius 3 is 2.48 bits per heavy atom. The Morgan fingerprint density at radius 1 is 0.871 bits per heavy atom. The number of hydrogen-bond donors (Lipinski definition) is 0. The van der Waals surface area contributed by atoms with E-state index in [2.05, 4.69) is 40.1 Å². The number of benzene rings is 4. The van der Waals surface area contributed by atoms with Crippen molar-refractivity contribution in [3.05, 3.63) is 102 Å². The van der Waals surface area contributed by atoms with Crippen LogP contribution < -0.4 is 20.5 Å². The second-order valence-corrected chi connectivity index (χ2v) is 7.58. The smallest absolute Gasteiger partial charge is 0.430 e. The standard InChI is InChI=1S/C26H14BN3O/c1-29-18-11-14-23-22(15-18)27-26-21(20-5-2-3-8-25(20)31-27)6-4-7-24(26)30(23)19-12-9-17(16-28)10-13-19/h2-15H. The Kier molecular flexibility index (Phi) is 3.66. The molecule has 0 spiro atoms. The van der Waals surface area contributed by atoms with Crippen LogP contribution in [0.1, 0.15) is 5.56 Å². The maximum absolute atomic E-state index is 9.21. The zero-order chi connectivity index (χ0) is 20.9. The Morgan fingerprint density at radius 2 is 1.68 bits per heavy atom. The molecule has 0 amide bonds. The van der Waals surface area contributed by atoms with Crippen LogP contribution in [0.4, 0.5) is 22.7 Å². The number of hydrogen-bond acceptors (Lipinski definition) is 3. The minimum absolute atomic E-state index is 0.285. The van der Waals surface area contributed by atoms with Gasteiger partial charge in [0.15, 0.2) is 5.69 Å². The summed E-state index contributed by atoms with van der Waals surface area (Å²) in [5.74, 6) is 0.850. The summed E-state index contributed by atoms with van der Waals surface area (Å²) in [6.07, 6.45) is 0. The molecule has 0 saturated carbocycles. The van der Waals surface area contributed by atoms with Crippen molar-refractivity contribution < 1.29 is 4.65 Å². The van der Waals surface area contributed by atoms with Crippen molar-refractivity contribution in [3.63, 3.8) is 0 Å². The third-order valence-corrected chi connectivity index (χ3v) is 5.93. The van der Waals surface area contributed by atoms with Crippen molar-refractivity contribution in [3.8, 4) is 22.9 Å². The molecule has 142 valence electrons. The third kappa shape index (κ3) is 2.48. The van der Waals surface area contributed by atoms with Crippen molar-refractivity contribution in [2.45, 2.75) is 0 Å². The van der Waals surface area contributed by atoms with Crippen LogP contribution in [0.5, 0.6) is 5.75 Å². The van der Waals surface area contributed by atoms with Crippen LogP contribution in [-0.2, 0) is 0 Å². The van der Waals surface area contributed by atoms with Gasteiger partial charge in [0.05, 0.1) is 18.2 Å². The predicted molar refractivity (Wildman–Crippen MR) is 123 cm³/mol. The molecule has 2 aliphatic rings. The molecule has 4 aromatic rings. The largest absolute Gasteiger partial charge is 0.551 e. The van der Waals surface area contributed by atoms with Crippen molar-refractivity contribution in [2.24, 2.45) is 0 Å². The van der Waals surface area contributed by atoms with Crippen LogP contribution in [-0.4, -0.2) is 6.92 Å². The molecule has 0 atom stereocenters. The fourth-order valence-corrected chi connectivity index (χ4v) is 4.57. The molecule has 0 fully saturated rings. The summed E-state index contributed by atoms with van der Waals surface area (Å²) in [6.45, 7) is 7.22. The van der Waals surface area contributed by atoms with Gasteiger partial charge in [0.25, 0.3) is 0 Å². The van der Waals surface area contributed by atoms with Crippen LogP contribution >= 0.6 is 0 Å². The lowest BCUT2D eigenvalue weighted by Gasteiger charge is -2.39. The zero-order valence-corrected chi connectivity index (χ0v) is 16.4. The number of nitrogens with zero attached hydrogens (tertiary/aromatic N) is 3. The van der Waals surface area contributed by atoms with E-state index in [0.717, 1.165) is 44.9 Å². The summed E-state index contributed by atoms with van der Waals surface area (Å²) < 4.78 is 6.51. The van der Waals surface area contributed by atoms with Crippen molar-refractivity contribution in [1.82, 2.24) is 0 Å². The first-order chi connectivity index (χ1) is 15.3.